The van der Waals surface area contributed by atoms with Gasteiger partial charge in [0.15, 0.2) is 0 Å². The van der Waals surface area contributed by atoms with E-state index in [1.807, 2.05) is 18.2 Å². The van der Waals surface area contributed by atoms with Gasteiger partial charge in [-0.15, -0.1) is 11.3 Å². The molecule has 0 saturated heterocycles. The van der Waals surface area contributed by atoms with E-state index in [1.165, 1.54) is 5.56 Å². The van der Waals surface area contributed by atoms with E-state index < -0.39 is 0 Å². The SMILES string of the molecule is CC(C)c1ccccc1OCc1nc(CN(C(=O)C2CC2)C2CC2)cs1. The maximum atomic E-state index is 12.5. The summed E-state index contributed by atoms with van der Waals surface area (Å²) in [6, 6.07) is 8.64. The van der Waals surface area contributed by atoms with Gasteiger partial charge in [0.05, 0.1) is 12.2 Å². The molecule has 1 amide bonds. The zero-order chi connectivity index (χ0) is 18.1. The molecule has 138 valence electrons. The highest BCUT2D eigenvalue weighted by Crippen LogP contribution is 2.37. The standard InChI is InChI=1S/C21H26N2O2S/c1-14(2)18-5-3-4-6-19(18)25-12-20-22-16(13-26-20)11-23(17-9-10-17)21(24)15-7-8-15/h3-6,13-15,17H,7-12H2,1-2H3. The van der Waals surface area contributed by atoms with Gasteiger partial charge in [-0.25, -0.2) is 4.98 Å². The Morgan fingerprint density at radius 2 is 2.04 bits per heavy atom. The second-order valence-electron chi connectivity index (χ2n) is 7.69. The summed E-state index contributed by atoms with van der Waals surface area (Å²) in [7, 11) is 0. The quantitative estimate of drug-likeness (QED) is 0.674. The van der Waals surface area contributed by atoms with E-state index in [1.54, 1.807) is 11.3 Å². The Hall–Kier alpha value is -1.88. The summed E-state index contributed by atoms with van der Waals surface area (Å²) < 4.78 is 6.03. The number of aromatic nitrogens is 1. The van der Waals surface area contributed by atoms with Crippen LogP contribution >= 0.6 is 11.3 Å². The smallest absolute Gasteiger partial charge is 0.226 e. The highest BCUT2D eigenvalue weighted by Gasteiger charge is 2.40. The molecule has 1 heterocycles. The minimum absolute atomic E-state index is 0.282. The summed E-state index contributed by atoms with van der Waals surface area (Å²) in [5, 5.41) is 3.04. The first kappa shape index (κ1) is 17.5. The van der Waals surface area contributed by atoms with Crippen LogP contribution in [0.5, 0.6) is 5.75 Å². The highest BCUT2D eigenvalue weighted by atomic mass is 32.1. The lowest BCUT2D eigenvalue weighted by Crippen LogP contribution is -2.33. The molecule has 2 fully saturated rings. The lowest BCUT2D eigenvalue weighted by Gasteiger charge is -2.21. The van der Waals surface area contributed by atoms with Gasteiger partial charge in [-0.2, -0.15) is 0 Å². The van der Waals surface area contributed by atoms with Crippen molar-refractivity contribution in [3.63, 3.8) is 0 Å². The molecule has 4 nitrogen and oxygen atoms in total. The Balaban J connectivity index is 1.38. The van der Waals surface area contributed by atoms with Crippen LogP contribution in [0, 0.1) is 5.92 Å². The Labute approximate surface area is 159 Å². The fraction of sp³-hybridized carbons (Fsp3) is 0.524. The maximum absolute atomic E-state index is 12.5. The first-order chi connectivity index (χ1) is 12.6. The van der Waals surface area contributed by atoms with Gasteiger partial charge >= 0.3 is 0 Å². The zero-order valence-electron chi connectivity index (χ0n) is 15.5. The zero-order valence-corrected chi connectivity index (χ0v) is 16.3. The number of nitrogens with zero attached hydrogens (tertiary/aromatic N) is 2. The molecule has 2 aromatic rings. The third kappa shape index (κ3) is 4.09. The minimum atomic E-state index is 0.282. The van der Waals surface area contributed by atoms with E-state index in [9.17, 15) is 4.79 Å². The van der Waals surface area contributed by atoms with E-state index in [0.717, 1.165) is 42.1 Å². The van der Waals surface area contributed by atoms with Crippen molar-refractivity contribution in [3.05, 3.63) is 45.9 Å². The number of thiazole rings is 1. The number of para-hydroxylation sites is 1. The third-order valence-corrected chi connectivity index (χ3v) is 5.89. The van der Waals surface area contributed by atoms with Crippen molar-refractivity contribution in [2.45, 2.75) is 64.6 Å². The van der Waals surface area contributed by atoms with Crippen molar-refractivity contribution in [1.82, 2.24) is 9.88 Å². The molecule has 4 rings (SSSR count). The Kier molecular flexibility index (Phi) is 4.98. The van der Waals surface area contributed by atoms with Gasteiger partial charge in [0, 0.05) is 17.3 Å². The summed E-state index contributed by atoms with van der Waals surface area (Å²) >= 11 is 1.62. The van der Waals surface area contributed by atoms with Crippen LogP contribution in [0.25, 0.3) is 0 Å². The lowest BCUT2D eigenvalue weighted by molar-refractivity contribution is -0.133. The van der Waals surface area contributed by atoms with Gasteiger partial charge in [-0.05, 0) is 43.2 Å². The number of benzene rings is 1. The molecule has 0 spiro atoms. The summed E-state index contributed by atoms with van der Waals surface area (Å²) in [4.78, 5) is 19.3. The number of rotatable bonds is 8. The largest absolute Gasteiger partial charge is 0.486 e. The molecule has 0 atom stereocenters. The second-order valence-corrected chi connectivity index (χ2v) is 8.63. The molecule has 26 heavy (non-hydrogen) atoms. The van der Waals surface area contributed by atoms with Crippen molar-refractivity contribution in [3.8, 4) is 5.75 Å². The first-order valence-corrected chi connectivity index (χ1v) is 10.4. The topological polar surface area (TPSA) is 42.4 Å². The van der Waals surface area contributed by atoms with Crippen molar-refractivity contribution in [2.75, 3.05) is 0 Å². The molecule has 2 aliphatic rings. The number of ether oxygens (including phenoxy) is 1. The van der Waals surface area contributed by atoms with Gasteiger partial charge in [-0.1, -0.05) is 32.0 Å². The number of carbonyl (C=O) groups excluding carboxylic acids is 1. The molecule has 0 bridgehead atoms. The van der Waals surface area contributed by atoms with E-state index in [0.29, 0.717) is 31.0 Å². The average Bonchev–Trinajstić information content (AvgIpc) is 3.55. The molecule has 0 unspecified atom stereocenters. The van der Waals surface area contributed by atoms with Crippen LogP contribution in [0.3, 0.4) is 0 Å². The van der Waals surface area contributed by atoms with E-state index in [4.69, 9.17) is 9.72 Å². The van der Waals surface area contributed by atoms with Gasteiger partial charge in [-0.3, -0.25) is 4.79 Å². The molecule has 1 aromatic heterocycles. The maximum Gasteiger partial charge on any atom is 0.226 e. The van der Waals surface area contributed by atoms with E-state index in [2.05, 4.69) is 30.2 Å². The highest BCUT2D eigenvalue weighted by molar-refractivity contribution is 7.09. The van der Waals surface area contributed by atoms with E-state index >= 15 is 0 Å². The van der Waals surface area contributed by atoms with Crippen LogP contribution < -0.4 is 4.74 Å². The number of carbonyl (C=O) groups is 1. The fourth-order valence-electron chi connectivity index (χ4n) is 3.23. The monoisotopic (exact) mass is 370 g/mol. The van der Waals surface area contributed by atoms with Crippen molar-refractivity contribution in [1.29, 1.82) is 0 Å². The lowest BCUT2D eigenvalue weighted by atomic mass is 10.0. The van der Waals surface area contributed by atoms with Gasteiger partial charge < -0.3 is 9.64 Å². The normalized spacial score (nSPS) is 16.7. The third-order valence-electron chi connectivity index (χ3n) is 5.02. The van der Waals surface area contributed by atoms with Crippen LogP contribution in [-0.4, -0.2) is 21.8 Å². The molecule has 1 aromatic carbocycles. The van der Waals surface area contributed by atoms with Gasteiger partial charge in [0.2, 0.25) is 5.91 Å². The average molecular weight is 371 g/mol. The number of hydrogen-bond donors (Lipinski definition) is 0. The molecule has 0 N–H and O–H groups in total. The number of hydrogen-bond acceptors (Lipinski definition) is 4. The molecular weight excluding hydrogens is 344 g/mol. The van der Waals surface area contributed by atoms with E-state index in [-0.39, 0.29) is 5.92 Å². The first-order valence-electron chi connectivity index (χ1n) is 9.57. The second kappa shape index (κ2) is 7.39. The van der Waals surface area contributed by atoms with Crippen molar-refractivity contribution in [2.24, 2.45) is 5.92 Å². The predicted octanol–water partition coefficient (Wildman–Crippen LogP) is 4.75. The summed E-state index contributed by atoms with van der Waals surface area (Å²) in [5.74, 6) is 1.98. The minimum Gasteiger partial charge on any atom is -0.486 e. The molecule has 2 aliphatic carbocycles. The van der Waals surface area contributed by atoms with Crippen LogP contribution in [-0.2, 0) is 17.9 Å². The molecular formula is C21H26N2O2S. The van der Waals surface area contributed by atoms with Crippen molar-refractivity contribution >= 4 is 17.2 Å². The van der Waals surface area contributed by atoms with Crippen LogP contribution in [0.2, 0.25) is 0 Å². The van der Waals surface area contributed by atoms with Crippen LogP contribution in [0.1, 0.15) is 61.7 Å². The van der Waals surface area contributed by atoms with Crippen LogP contribution in [0.15, 0.2) is 29.6 Å². The van der Waals surface area contributed by atoms with Crippen LogP contribution in [0.4, 0.5) is 0 Å². The summed E-state index contributed by atoms with van der Waals surface area (Å²) in [5.41, 5.74) is 2.21. The van der Waals surface area contributed by atoms with Gasteiger partial charge in [0.1, 0.15) is 17.4 Å². The summed E-state index contributed by atoms with van der Waals surface area (Å²) in [6.45, 7) is 5.48. The molecule has 0 aliphatic heterocycles. The Morgan fingerprint density at radius 3 is 2.73 bits per heavy atom. The van der Waals surface area contributed by atoms with Crippen molar-refractivity contribution < 1.29 is 9.53 Å². The Bertz CT molecular complexity index is 778. The predicted molar refractivity (Wildman–Crippen MR) is 103 cm³/mol. The summed E-state index contributed by atoms with van der Waals surface area (Å²) in [6.07, 6.45) is 4.41. The Morgan fingerprint density at radius 1 is 1.27 bits per heavy atom. The fourth-order valence-corrected chi connectivity index (χ4v) is 3.93. The molecule has 0 radical (unpaired) electrons. The van der Waals surface area contributed by atoms with Gasteiger partial charge in [0.25, 0.3) is 0 Å². The molecule has 5 heteroatoms. The molecule has 2 saturated carbocycles. The number of amides is 1.